The van der Waals surface area contributed by atoms with Crippen LogP contribution in [0.5, 0.6) is 5.75 Å². The fourth-order valence-electron chi connectivity index (χ4n) is 2.30. The van der Waals surface area contributed by atoms with Crippen LogP contribution in [0, 0.1) is 0 Å². The van der Waals surface area contributed by atoms with E-state index in [-0.39, 0.29) is 24.7 Å². The van der Waals surface area contributed by atoms with Crippen LogP contribution >= 0.6 is 0 Å². The molecular weight excluding hydrogens is 348 g/mol. The average molecular weight is 370 g/mol. The number of aliphatic hydroxyl groups excluding tert-OH is 1. The van der Waals surface area contributed by atoms with Crippen molar-refractivity contribution in [2.75, 3.05) is 25.2 Å². The van der Waals surface area contributed by atoms with Crippen molar-refractivity contribution in [1.29, 1.82) is 0 Å². The van der Waals surface area contributed by atoms with Gasteiger partial charge in [0.2, 0.25) is 5.78 Å². The van der Waals surface area contributed by atoms with Crippen LogP contribution in [0.3, 0.4) is 0 Å². The maximum atomic E-state index is 12.3. The number of hydrogen-bond acceptors (Lipinski definition) is 7. The molecule has 2 aromatic carbocycles. The average Bonchev–Trinajstić information content (AvgIpc) is 2.69. The summed E-state index contributed by atoms with van der Waals surface area (Å²) in [5.41, 5.74) is 2.39. The Bertz CT molecular complexity index is 813. The van der Waals surface area contributed by atoms with Gasteiger partial charge in [-0.1, -0.05) is 5.16 Å². The second-order valence-corrected chi connectivity index (χ2v) is 5.76. The summed E-state index contributed by atoms with van der Waals surface area (Å²) in [6.45, 7) is 2.94. The van der Waals surface area contributed by atoms with E-state index in [0.717, 1.165) is 11.4 Å². The normalized spacial score (nSPS) is 11.0. The minimum atomic E-state index is -0.577. The number of anilines is 2. The summed E-state index contributed by atoms with van der Waals surface area (Å²) in [6, 6.07) is 14.5. The molecule has 0 bridgehead atoms. The summed E-state index contributed by atoms with van der Waals surface area (Å²) in [5.74, 6) is -0.201. The third kappa shape index (κ3) is 5.65. The molecule has 0 atom stereocenters. The number of hydrogen-bond donors (Lipinski definition) is 1. The highest BCUT2D eigenvalue weighted by Gasteiger charge is 2.12. The first-order chi connectivity index (χ1) is 12.9. The predicted octanol–water partition coefficient (Wildman–Crippen LogP) is 2.95. The monoisotopic (exact) mass is 370 g/mol. The predicted molar refractivity (Wildman–Crippen MR) is 103 cm³/mol. The molecule has 0 unspecified atom stereocenters. The molecule has 27 heavy (non-hydrogen) atoms. The Balaban J connectivity index is 2.08. The van der Waals surface area contributed by atoms with Gasteiger partial charge >= 0.3 is 5.97 Å². The molecule has 0 saturated carbocycles. The third-order valence-corrected chi connectivity index (χ3v) is 3.74. The van der Waals surface area contributed by atoms with Crippen molar-refractivity contribution in [3.63, 3.8) is 0 Å². The van der Waals surface area contributed by atoms with Crippen molar-refractivity contribution >= 4 is 28.8 Å². The Labute approximate surface area is 157 Å². The van der Waals surface area contributed by atoms with E-state index in [4.69, 9.17) is 9.84 Å². The molecule has 0 fully saturated rings. The standard InChI is InChI=1S/C20H22N2O5/c1-14(21-27-15(2)24)20(25)16-4-6-17(7-5-16)22(3)18-8-10-19(11-9-18)26-13-12-23/h4-11,23H,12-13H2,1-3H3/b21-14+. The second kappa shape index (κ2) is 9.49. The quantitative estimate of drug-likeness (QED) is 0.333. The SMILES string of the molecule is CC(=O)O/N=C(\C)C(=O)c1ccc(N(C)c2ccc(OCCO)cc2)cc1. The highest BCUT2D eigenvalue weighted by atomic mass is 16.7. The molecule has 0 aliphatic carbocycles. The summed E-state index contributed by atoms with van der Waals surface area (Å²) in [7, 11) is 1.91. The lowest BCUT2D eigenvalue weighted by molar-refractivity contribution is -0.140. The largest absolute Gasteiger partial charge is 0.491 e. The van der Waals surface area contributed by atoms with Gasteiger partial charge in [-0.15, -0.1) is 0 Å². The summed E-state index contributed by atoms with van der Waals surface area (Å²) in [6.07, 6.45) is 0. The highest BCUT2D eigenvalue weighted by Crippen LogP contribution is 2.26. The number of aliphatic hydroxyl groups is 1. The van der Waals surface area contributed by atoms with Gasteiger partial charge in [0.25, 0.3) is 0 Å². The first-order valence-corrected chi connectivity index (χ1v) is 8.36. The van der Waals surface area contributed by atoms with Gasteiger partial charge in [0.1, 0.15) is 18.1 Å². The molecule has 0 radical (unpaired) electrons. The van der Waals surface area contributed by atoms with Gasteiger partial charge in [-0.05, 0) is 55.5 Å². The number of ether oxygens (including phenoxy) is 1. The Kier molecular flexibility index (Phi) is 7.08. The van der Waals surface area contributed by atoms with E-state index < -0.39 is 5.97 Å². The Morgan fingerprint density at radius 1 is 1.00 bits per heavy atom. The first kappa shape index (κ1) is 20.1. The zero-order valence-electron chi connectivity index (χ0n) is 15.5. The molecule has 7 heteroatoms. The van der Waals surface area contributed by atoms with E-state index in [1.165, 1.54) is 13.8 Å². The number of rotatable bonds is 8. The molecule has 2 aromatic rings. The molecule has 0 saturated heterocycles. The van der Waals surface area contributed by atoms with Crippen molar-refractivity contribution in [2.24, 2.45) is 5.16 Å². The molecule has 7 nitrogen and oxygen atoms in total. The zero-order valence-corrected chi connectivity index (χ0v) is 15.5. The Morgan fingerprint density at radius 2 is 1.56 bits per heavy atom. The lowest BCUT2D eigenvalue weighted by Gasteiger charge is -2.20. The smallest absolute Gasteiger partial charge is 0.331 e. The van der Waals surface area contributed by atoms with Crippen LogP contribution in [0.2, 0.25) is 0 Å². The van der Waals surface area contributed by atoms with Crippen LogP contribution in [-0.2, 0) is 9.63 Å². The van der Waals surface area contributed by atoms with Crippen molar-refractivity contribution in [1.82, 2.24) is 0 Å². The summed E-state index contributed by atoms with van der Waals surface area (Å²) >= 11 is 0. The van der Waals surface area contributed by atoms with Crippen LogP contribution < -0.4 is 9.64 Å². The molecule has 2 rings (SSSR count). The number of Topliss-reactive ketones (excluding diaryl/α,β-unsaturated/α-hetero) is 1. The lowest BCUT2D eigenvalue weighted by Crippen LogP contribution is -2.13. The number of ketones is 1. The van der Waals surface area contributed by atoms with E-state index in [9.17, 15) is 9.59 Å². The number of nitrogens with zero attached hydrogens (tertiary/aromatic N) is 2. The van der Waals surface area contributed by atoms with Crippen LogP contribution in [0.25, 0.3) is 0 Å². The summed E-state index contributed by atoms with van der Waals surface area (Å²) < 4.78 is 5.35. The summed E-state index contributed by atoms with van der Waals surface area (Å²) in [4.78, 5) is 29.5. The van der Waals surface area contributed by atoms with Crippen molar-refractivity contribution in [2.45, 2.75) is 13.8 Å². The number of benzene rings is 2. The number of carbonyl (C=O) groups is 2. The molecule has 0 spiro atoms. The lowest BCUT2D eigenvalue weighted by atomic mass is 10.1. The van der Waals surface area contributed by atoms with Crippen LogP contribution in [-0.4, -0.2) is 42.8 Å². The molecule has 0 aliphatic rings. The van der Waals surface area contributed by atoms with Gasteiger partial charge in [0, 0.05) is 30.9 Å². The Morgan fingerprint density at radius 3 is 2.07 bits per heavy atom. The minimum Gasteiger partial charge on any atom is -0.491 e. The van der Waals surface area contributed by atoms with E-state index >= 15 is 0 Å². The molecule has 1 N–H and O–H groups in total. The third-order valence-electron chi connectivity index (χ3n) is 3.74. The number of carbonyl (C=O) groups excluding carboxylic acids is 2. The zero-order chi connectivity index (χ0) is 19.8. The van der Waals surface area contributed by atoms with Crippen LogP contribution in [0.4, 0.5) is 11.4 Å². The number of oxime groups is 1. The fraction of sp³-hybridized carbons (Fsp3) is 0.250. The van der Waals surface area contributed by atoms with E-state index in [0.29, 0.717) is 11.3 Å². The van der Waals surface area contributed by atoms with Gasteiger partial charge in [-0.25, -0.2) is 4.79 Å². The van der Waals surface area contributed by atoms with Gasteiger partial charge < -0.3 is 19.6 Å². The van der Waals surface area contributed by atoms with Crippen molar-refractivity contribution in [3.05, 3.63) is 54.1 Å². The van der Waals surface area contributed by atoms with E-state index in [2.05, 4.69) is 9.99 Å². The maximum Gasteiger partial charge on any atom is 0.331 e. The fourth-order valence-corrected chi connectivity index (χ4v) is 2.30. The molecule has 0 heterocycles. The molecule has 0 aromatic heterocycles. The van der Waals surface area contributed by atoms with Gasteiger partial charge in [0.05, 0.1) is 6.61 Å². The van der Waals surface area contributed by atoms with Crippen molar-refractivity contribution in [3.8, 4) is 5.75 Å². The Hall–Kier alpha value is -3.19. The second-order valence-electron chi connectivity index (χ2n) is 5.76. The van der Waals surface area contributed by atoms with E-state index in [1.807, 2.05) is 48.3 Å². The van der Waals surface area contributed by atoms with Crippen LogP contribution in [0.1, 0.15) is 24.2 Å². The van der Waals surface area contributed by atoms with E-state index in [1.54, 1.807) is 12.1 Å². The summed E-state index contributed by atoms with van der Waals surface area (Å²) in [5, 5.41) is 12.3. The molecule has 0 amide bonds. The van der Waals surface area contributed by atoms with Gasteiger partial charge in [-0.3, -0.25) is 4.79 Å². The molecule has 142 valence electrons. The van der Waals surface area contributed by atoms with Gasteiger partial charge in [-0.2, -0.15) is 0 Å². The maximum absolute atomic E-state index is 12.3. The first-order valence-electron chi connectivity index (χ1n) is 8.36. The van der Waals surface area contributed by atoms with Crippen LogP contribution in [0.15, 0.2) is 53.7 Å². The molecular formula is C20H22N2O5. The van der Waals surface area contributed by atoms with Crippen molar-refractivity contribution < 1.29 is 24.3 Å². The van der Waals surface area contributed by atoms with Gasteiger partial charge in [0.15, 0.2) is 0 Å². The minimum absolute atomic E-state index is 0.0300. The highest BCUT2D eigenvalue weighted by molar-refractivity contribution is 6.45. The topological polar surface area (TPSA) is 88.4 Å². The molecule has 0 aliphatic heterocycles.